The van der Waals surface area contributed by atoms with E-state index in [9.17, 15) is 4.79 Å². The maximum absolute atomic E-state index is 12.7. The molecule has 3 aromatic carbocycles. The predicted octanol–water partition coefficient (Wildman–Crippen LogP) is 5.22. The Morgan fingerprint density at radius 2 is 1.66 bits per heavy atom. The summed E-state index contributed by atoms with van der Waals surface area (Å²) in [4.78, 5) is 24.5. The molecule has 1 aliphatic heterocycles. The van der Waals surface area contributed by atoms with E-state index in [-0.39, 0.29) is 5.91 Å². The molecule has 0 radical (unpaired) electrons. The van der Waals surface area contributed by atoms with E-state index in [0.717, 1.165) is 46.6 Å². The molecular formula is C27H26N4O. The summed E-state index contributed by atoms with van der Waals surface area (Å²) in [5.74, 6) is 0.868. The first kappa shape index (κ1) is 20.2. The molecule has 1 amide bonds. The van der Waals surface area contributed by atoms with Gasteiger partial charge in [-0.15, -0.1) is 0 Å². The zero-order valence-corrected chi connectivity index (χ0v) is 18.0. The van der Waals surface area contributed by atoms with Crippen LogP contribution in [0.25, 0.3) is 22.2 Å². The van der Waals surface area contributed by atoms with Gasteiger partial charge in [-0.1, -0.05) is 48.5 Å². The Kier molecular flexibility index (Phi) is 5.79. The number of hydrogen-bond donors (Lipinski definition) is 1. The fourth-order valence-corrected chi connectivity index (χ4v) is 4.18. The van der Waals surface area contributed by atoms with Crippen LogP contribution in [-0.2, 0) is 6.54 Å². The molecule has 1 fully saturated rings. The third kappa shape index (κ3) is 4.47. The largest absolute Gasteiger partial charge is 0.355 e. The fourth-order valence-electron chi connectivity index (χ4n) is 4.18. The van der Waals surface area contributed by atoms with Crippen LogP contribution in [0.4, 0.5) is 5.82 Å². The second-order valence-electron chi connectivity index (χ2n) is 8.23. The SMILES string of the molecule is O=C(NCc1ccccc1)c1cccc(-c2ccc3ncc(N4CCCCC4)nc3c2)c1. The van der Waals surface area contributed by atoms with E-state index in [0.29, 0.717) is 12.1 Å². The summed E-state index contributed by atoms with van der Waals surface area (Å²) in [5.41, 5.74) is 5.50. The van der Waals surface area contributed by atoms with E-state index < -0.39 is 0 Å². The van der Waals surface area contributed by atoms with Gasteiger partial charge >= 0.3 is 0 Å². The Bertz CT molecular complexity index is 1230. The van der Waals surface area contributed by atoms with Crippen molar-refractivity contribution in [2.75, 3.05) is 18.0 Å². The highest BCUT2D eigenvalue weighted by Crippen LogP contribution is 2.26. The van der Waals surface area contributed by atoms with Gasteiger partial charge in [0.15, 0.2) is 0 Å². The summed E-state index contributed by atoms with van der Waals surface area (Å²) in [6.45, 7) is 2.59. The average Bonchev–Trinajstić information content (AvgIpc) is 2.88. The lowest BCUT2D eigenvalue weighted by atomic mass is 10.0. The highest BCUT2D eigenvalue weighted by molar-refractivity contribution is 5.95. The molecule has 5 rings (SSSR count). The van der Waals surface area contributed by atoms with Gasteiger partial charge in [0.1, 0.15) is 5.82 Å². The van der Waals surface area contributed by atoms with Crippen molar-refractivity contribution in [2.45, 2.75) is 25.8 Å². The van der Waals surface area contributed by atoms with Crippen LogP contribution < -0.4 is 10.2 Å². The van der Waals surface area contributed by atoms with E-state index >= 15 is 0 Å². The molecule has 5 heteroatoms. The van der Waals surface area contributed by atoms with Gasteiger partial charge in [-0.25, -0.2) is 4.98 Å². The van der Waals surface area contributed by atoms with Crippen molar-refractivity contribution < 1.29 is 4.79 Å². The Hall–Kier alpha value is -3.73. The Labute approximate surface area is 188 Å². The number of carbonyl (C=O) groups is 1. The van der Waals surface area contributed by atoms with Crippen LogP contribution in [-0.4, -0.2) is 29.0 Å². The fraction of sp³-hybridized carbons (Fsp3) is 0.222. The third-order valence-electron chi connectivity index (χ3n) is 5.96. The lowest BCUT2D eigenvalue weighted by molar-refractivity contribution is 0.0951. The minimum absolute atomic E-state index is 0.0799. The molecule has 0 bridgehead atoms. The summed E-state index contributed by atoms with van der Waals surface area (Å²) in [5, 5.41) is 3.00. The van der Waals surface area contributed by atoms with Gasteiger partial charge in [0.2, 0.25) is 0 Å². The molecule has 1 aromatic heterocycles. The van der Waals surface area contributed by atoms with Crippen molar-refractivity contribution in [1.29, 1.82) is 0 Å². The van der Waals surface area contributed by atoms with Crippen molar-refractivity contribution in [1.82, 2.24) is 15.3 Å². The van der Waals surface area contributed by atoms with Gasteiger partial charge < -0.3 is 10.2 Å². The van der Waals surface area contributed by atoms with Gasteiger partial charge in [0.05, 0.1) is 17.2 Å². The molecule has 0 saturated carbocycles. The van der Waals surface area contributed by atoms with Gasteiger partial charge in [0.25, 0.3) is 5.91 Å². The van der Waals surface area contributed by atoms with Crippen LogP contribution in [0.1, 0.15) is 35.2 Å². The first-order valence-corrected chi connectivity index (χ1v) is 11.2. The van der Waals surface area contributed by atoms with Crippen LogP contribution in [0.3, 0.4) is 0 Å². The molecule has 1 N–H and O–H groups in total. The number of hydrogen-bond acceptors (Lipinski definition) is 4. The number of fused-ring (bicyclic) bond motifs is 1. The molecule has 32 heavy (non-hydrogen) atoms. The third-order valence-corrected chi connectivity index (χ3v) is 5.96. The topological polar surface area (TPSA) is 58.1 Å². The molecule has 4 aromatic rings. The van der Waals surface area contributed by atoms with Crippen LogP contribution >= 0.6 is 0 Å². The minimum Gasteiger partial charge on any atom is -0.355 e. The summed E-state index contributed by atoms with van der Waals surface area (Å²) < 4.78 is 0. The van der Waals surface area contributed by atoms with E-state index in [1.165, 1.54) is 19.3 Å². The van der Waals surface area contributed by atoms with Crippen LogP contribution in [0.2, 0.25) is 0 Å². The highest BCUT2D eigenvalue weighted by Gasteiger charge is 2.14. The van der Waals surface area contributed by atoms with Crippen molar-refractivity contribution in [3.05, 3.63) is 90.1 Å². The molecule has 0 aliphatic carbocycles. The van der Waals surface area contributed by atoms with E-state index in [1.54, 1.807) is 0 Å². The van der Waals surface area contributed by atoms with Crippen LogP contribution in [0, 0.1) is 0 Å². The molecule has 1 saturated heterocycles. The number of aromatic nitrogens is 2. The van der Waals surface area contributed by atoms with Crippen LogP contribution in [0.15, 0.2) is 79.0 Å². The number of amides is 1. The molecule has 0 atom stereocenters. The van der Waals surface area contributed by atoms with Gasteiger partial charge in [0, 0.05) is 25.2 Å². The number of nitrogens with zero attached hydrogens (tertiary/aromatic N) is 3. The Morgan fingerprint density at radius 3 is 2.50 bits per heavy atom. The van der Waals surface area contributed by atoms with Crippen molar-refractivity contribution in [2.24, 2.45) is 0 Å². The first-order chi connectivity index (χ1) is 15.8. The average molecular weight is 423 g/mol. The molecule has 2 heterocycles. The number of nitrogens with one attached hydrogen (secondary N) is 1. The Balaban J connectivity index is 1.37. The van der Waals surface area contributed by atoms with Gasteiger partial charge in [-0.2, -0.15) is 0 Å². The molecular weight excluding hydrogens is 396 g/mol. The number of anilines is 1. The number of rotatable bonds is 5. The first-order valence-electron chi connectivity index (χ1n) is 11.2. The zero-order chi connectivity index (χ0) is 21.8. The maximum Gasteiger partial charge on any atom is 0.251 e. The van der Waals surface area contributed by atoms with Gasteiger partial charge in [-0.3, -0.25) is 9.78 Å². The zero-order valence-electron chi connectivity index (χ0n) is 18.0. The number of piperidine rings is 1. The minimum atomic E-state index is -0.0799. The molecule has 0 spiro atoms. The standard InChI is InChI=1S/C27H26N4O/c32-27(29-18-20-8-3-1-4-9-20)23-11-7-10-21(16-23)22-12-13-24-25(17-22)30-26(19-28-24)31-14-5-2-6-15-31/h1,3-4,7-13,16-17,19H,2,5-6,14-15,18H2,(H,29,32). The smallest absolute Gasteiger partial charge is 0.251 e. The second kappa shape index (κ2) is 9.18. The number of carbonyl (C=O) groups excluding carboxylic acids is 1. The van der Waals surface area contributed by atoms with Crippen LogP contribution in [0.5, 0.6) is 0 Å². The molecule has 5 nitrogen and oxygen atoms in total. The second-order valence-corrected chi connectivity index (χ2v) is 8.23. The quantitative estimate of drug-likeness (QED) is 0.479. The molecule has 0 unspecified atom stereocenters. The lowest BCUT2D eigenvalue weighted by Crippen LogP contribution is -2.30. The van der Waals surface area contributed by atoms with Crippen molar-refractivity contribution >= 4 is 22.8 Å². The summed E-state index contributed by atoms with van der Waals surface area (Å²) in [6.07, 6.45) is 5.58. The van der Waals surface area contributed by atoms with Gasteiger partial charge in [-0.05, 0) is 60.2 Å². The summed E-state index contributed by atoms with van der Waals surface area (Å²) in [7, 11) is 0. The lowest BCUT2D eigenvalue weighted by Gasteiger charge is -2.27. The molecule has 160 valence electrons. The summed E-state index contributed by atoms with van der Waals surface area (Å²) in [6, 6.07) is 23.8. The van der Waals surface area contributed by atoms with Crippen molar-refractivity contribution in [3.63, 3.8) is 0 Å². The van der Waals surface area contributed by atoms with E-state index in [2.05, 4.69) is 21.3 Å². The number of benzene rings is 3. The molecule has 1 aliphatic rings. The maximum atomic E-state index is 12.7. The monoisotopic (exact) mass is 422 g/mol. The summed E-state index contributed by atoms with van der Waals surface area (Å²) >= 11 is 0. The normalized spacial score (nSPS) is 13.8. The van der Waals surface area contributed by atoms with E-state index in [4.69, 9.17) is 4.98 Å². The van der Waals surface area contributed by atoms with E-state index in [1.807, 2.05) is 72.9 Å². The highest BCUT2D eigenvalue weighted by atomic mass is 16.1. The predicted molar refractivity (Wildman–Crippen MR) is 129 cm³/mol. The van der Waals surface area contributed by atoms with Crippen molar-refractivity contribution in [3.8, 4) is 11.1 Å². The Morgan fingerprint density at radius 1 is 0.844 bits per heavy atom.